The smallest absolute Gasteiger partial charge is 0.326 e. The van der Waals surface area contributed by atoms with E-state index in [1.165, 1.54) is 6.07 Å². The van der Waals surface area contributed by atoms with Gasteiger partial charge in [-0.15, -0.1) is 0 Å². The van der Waals surface area contributed by atoms with Crippen molar-refractivity contribution in [3.63, 3.8) is 0 Å². The summed E-state index contributed by atoms with van der Waals surface area (Å²) in [7, 11) is 1.63. The highest BCUT2D eigenvalue weighted by Gasteiger charge is 2.24. The molecule has 0 saturated carbocycles. The lowest BCUT2D eigenvalue weighted by molar-refractivity contribution is -0.385. The van der Waals surface area contributed by atoms with Gasteiger partial charge in [0.1, 0.15) is 6.04 Å². The minimum Gasteiger partial charge on any atom is -0.480 e. The minimum atomic E-state index is -0.939. The molecule has 0 aliphatic heterocycles. The summed E-state index contributed by atoms with van der Waals surface area (Å²) in [6.45, 7) is 3.39. The molecular weight excluding hydrogens is 236 g/mol. The first-order chi connectivity index (χ1) is 8.40. The number of nitro benzene ring substituents is 1. The van der Waals surface area contributed by atoms with Crippen molar-refractivity contribution in [3.8, 4) is 0 Å². The number of benzene rings is 1. The topological polar surface area (TPSA) is 83.7 Å². The molecule has 0 radical (unpaired) electrons. The molecule has 0 saturated heterocycles. The van der Waals surface area contributed by atoms with Crippen LogP contribution >= 0.6 is 0 Å². The fourth-order valence-electron chi connectivity index (χ4n) is 1.97. The van der Waals surface area contributed by atoms with E-state index in [2.05, 4.69) is 0 Å². The Bertz CT molecular complexity index is 473. The van der Waals surface area contributed by atoms with Gasteiger partial charge in [0.25, 0.3) is 5.69 Å². The Labute approximate surface area is 105 Å². The van der Waals surface area contributed by atoms with Crippen molar-refractivity contribution in [3.05, 3.63) is 33.9 Å². The van der Waals surface area contributed by atoms with Gasteiger partial charge in [-0.3, -0.25) is 10.1 Å². The lowest BCUT2D eigenvalue weighted by Crippen LogP contribution is -2.38. The number of rotatable bonds is 5. The Kier molecular flexibility index (Phi) is 4.25. The molecule has 18 heavy (non-hydrogen) atoms. The van der Waals surface area contributed by atoms with Crippen molar-refractivity contribution in [2.75, 3.05) is 11.9 Å². The molecule has 1 unspecified atom stereocenters. The van der Waals surface area contributed by atoms with Crippen molar-refractivity contribution in [1.82, 2.24) is 0 Å². The maximum absolute atomic E-state index is 11.1. The highest BCUT2D eigenvalue weighted by molar-refractivity contribution is 5.79. The number of carboxylic acid groups (broad SMARTS) is 1. The molecule has 0 aromatic heterocycles. The molecule has 0 aliphatic rings. The number of nitrogens with zero attached hydrogens (tertiary/aromatic N) is 2. The van der Waals surface area contributed by atoms with E-state index in [4.69, 9.17) is 5.11 Å². The largest absolute Gasteiger partial charge is 0.480 e. The Morgan fingerprint density at radius 3 is 2.61 bits per heavy atom. The molecule has 0 fully saturated rings. The third-order valence-electron chi connectivity index (χ3n) is 2.99. The second kappa shape index (κ2) is 5.48. The second-order valence-corrected chi connectivity index (χ2v) is 4.05. The van der Waals surface area contributed by atoms with Gasteiger partial charge < -0.3 is 10.0 Å². The monoisotopic (exact) mass is 252 g/mol. The highest BCUT2D eigenvalue weighted by atomic mass is 16.6. The molecule has 1 N–H and O–H groups in total. The number of aliphatic carboxylic acids is 1. The molecule has 98 valence electrons. The van der Waals surface area contributed by atoms with Crippen LogP contribution in [0.1, 0.15) is 18.9 Å². The van der Waals surface area contributed by atoms with Crippen molar-refractivity contribution in [2.45, 2.75) is 26.3 Å². The average molecular weight is 252 g/mol. The van der Waals surface area contributed by atoms with Crippen molar-refractivity contribution in [1.29, 1.82) is 0 Å². The van der Waals surface area contributed by atoms with E-state index in [1.807, 2.05) is 0 Å². The maximum atomic E-state index is 11.1. The van der Waals surface area contributed by atoms with Crippen molar-refractivity contribution < 1.29 is 14.8 Å². The average Bonchev–Trinajstić information content (AvgIpc) is 2.29. The van der Waals surface area contributed by atoms with Crippen LogP contribution in [0.3, 0.4) is 0 Å². The van der Waals surface area contributed by atoms with Crippen LogP contribution in [0, 0.1) is 17.0 Å². The molecule has 1 rings (SSSR count). The highest BCUT2D eigenvalue weighted by Crippen LogP contribution is 2.29. The molecule has 1 aromatic carbocycles. The quantitative estimate of drug-likeness (QED) is 0.641. The lowest BCUT2D eigenvalue weighted by atomic mass is 10.1. The Hall–Kier alpha value is -2.11. The number of carbonyl (C=O) groups is 1. The van der Waals surface area contributed by atoms with Gasteiger partial charge in [-0.1, -0.05) is 13.0 Å². The lowest BCUT2D eigenvalue weighted by Gasteiger charge is -2.27. The summed E-state index contributed by atoms with van der Waals surface area (Å²) in [5.41, 5.74) is 1.04. The fourth-order valence-corrected chi connectivity index (χ4v) is 1.97. The van der Waals surface area contributed by atoms with E-state index < -0.39 is 16.9 Å². The molecular formula is C12H16N2O4. The predicted molar refractivity (Wildman–Crippen MR) is 68.0 cm³/mol. The van der Waals surface area contributed by atoms with Crippen LogP contribution in [0.5, 0.6) is 0 Å². The standard InChI is InChI=1S/C12H16N2O4/c1-4-9(12(15)16)13(3)10-6-5-7-11(8(10)2)14(17)18/h5-7,9H,4H2,1-3H3,(H,15,16). The van der Waals surface area contributed by atoms with E-state index in [1.54, 1.807) is 37.9 Å². The number of hydrogen-bond acceptors (Lipinski definition) is 4. The van der Waals surface area contributed by atoms with E-state index in [9.17, 15) is 14.9 Å². The van der Waals surface area contributed by atoms with Crippen LogP contribution in [-0.2, 0) is 4.79 Å². The van der Waals surface area contributed by atoms with Gasteiger partial charge in [0.15, 0.2) is 0 Å². The van der Waals surface area contributed by atoms with Crippen LogP contribution in [0.25, 0.3) is 0 Å². The van der Waals surface area contributed by atoms with Crippen molar-refractivity contribution in [2.24, 2.45) is 0 Å². The van der Waals surface area contributed by atoms with Crippen molar-refractivity contribution >= 4 is 17.3 Å². The molecule has 0 amide bonds. The number of nitro groups is 1. The summed E-state index contributed by atoms with van der Waals surface area (Å²) in [5.74, 6) is -0.939. The summed E-state index contributed by atoms with van der Waals surface area (Å²) >= 11 is 0. The summed E-state index contributed by atoms with van der Waals surface area (Å²) in [6.07, 6.45) is 0.425. The maximum Gasteiger partial charge on any atom is 0.326 e. The summed E-state index contributed by atoms with van der Waals surface area (Å²) < 4.78 is 0. The Morgan fingerprint density at radius 1 is 1.56 bits per heavy atom. The molecule has 0 heterocycles. The van der Waals surface area contributed by atoms with E-state index in [0.29, 0.717) is 17.7 Å². The normalized spacial score (nSPS) is 11.9. The van der Waals surface area contributed by atoms with E-state index >= 15 is 0 Å². The van der Waals surface area contributed by atoms with Crippen LogP contribution in [-0.4, -0.2) is 29.1 Å². The van der Waals surface area contributed by atoms with E-state index in [0.717, 1.165) is 0 Å². The van der Waals surface area contributed by atoms with Crippen LogP contribution in [0.15, 0.2) is 18.2 Å². The third-order valence-corrected chi connectivity index (χ3v) is 2.99. The SMILES string of the molecule is CCC(C(=O)O)N(C)c1cccc([N+](=O)[O-])c1C. The van der Waals surface area contributed by atoms with Gasteiger partial charge in [-0.25, -0.2) is 4.79 Å². The van der Waals surface area contributed by atoms with Gasteiger partial charge in [0.05, 0.1) is 10.5 Å². The first-order valence-electron chi connectivity index (χ1n) is 5.59. The summed E-state index contributed by atoms with van der Waals surface area (Å²) in [4.78, 5) is 23.0. The number of likely N-dealkylation sites (N-methyl/N-ethyl adjacent to an activating group) is 1. The molecule has 1 atom stereocenters. The first-order valence-corrected chi connectivity index (χ1v) is 5.59. The van der Waals surface area contributed by atoms with Crippen LogP contribution < -0.4 is 4.90 Å². The zero-order valence-corrected chi connectivity index (χ0v) is 10.6. The third kappa shape index (κ3) is 2.58. The Morgan fingerprint density at radius 2 is 2.17 bits per heavy atom. The number of anilines is 1. The molecule has 0 bridgehead atoms. The summed E-state index contributed by atoms with van der Waals surface area (Å²) in [5, 5.41) is 19.9. The number of hydrogen-bond donors (Lipinski definition) is 1. The first kappa shape index (κ1) is 14.0. The summed E-state index contributed by atoms with van der Waals surface area (Å²) in [6, 6.07) is 3.97. The fraction of sp³-hybridized carbons (Fsp3) is 0.417. The predicted octanol–water partition coefficient (Wildman–Crippen LogP) is 2.20. The molecule has 0 spiro atoms. The van der Waals surface area contributed by atoms with Gasteiger partial charge >= 0.3 is 5.97 Å². The second-order valence-electron chi connectivity index (χ2n) is 4.05. The van der Waals surface area contributed by atoms with Crippen LogP contribution in [0.4, 0.5) is 11.4 Å². The van der Waals surface area contributed by atoms with Crippen LogP contribution in [0.2, 0.25) is 0 Å². The Balaban J connectivity index is 3.21. The minimum absolute atomic E-state index is 0.000378. The van der Waals surface area contributed by atoms with Gasteiger partial charge in [0.2, 0.25) is 0 Å². The zero-order chi connectivity index (χ0) is 13.9. The molecule has 0 aliphatic carbocycles. The zero-order valence-electron chi connectivity index (χ0n) is 10.6. The molecule has 6 heteroatoms. The van der Waals surface area contributed by atoms with Gasteiger partial charge in [0, 0.05) is 18.8 Å². The molecule has 6 nitrogen and oxygen atoms in total. The number of carboxylic acids is 1. The van der Waals surface area contributed by atoms with Gasteiger partial charge in [-0.05, 0) is 19.4 Å². The van der Waals surface area contributed by atoms with Gasteiger partial charge in [-0.2, -0.15) is 0 Å². The van der Waals surface area contributed by atoms with E-state index in [-0.39, 0.29) is 5.69 Å². The molecule has 1 aromatic rings.